The average Bonchev–Trinajstić information content (AvgIpc) is 1.63. The van der Waals surface area contributed by atoms with Crippen molar-refractivity contribution in [3.05, 3.63) is 103 Å². The van der Waals surface area contributed by atoms with Crippen molar-refractivity contribution >= 4 is 111 Å². The number of aliphatic hydroxyl groups is 2. The van der Waals surface area contributed by atoms with Gasteiger partial charge in [-0.05, 0) is 25.0 Å². The lowest BCUT2D eigenvalue weighted by Crippen LogP contribution is -2.78. The zero-order valence-corrected chi connectivity index (χ0v) is 54.8. The number of hydrogen-bond donors (Lipinski definition) is 12. The minimum absolute atomic E-state index is 0.121. The third-order valence-corrected chi connectivity index (χ3v) is 20.0. The van der Waals surface area contributed by atoms with Gasteiger partial charge in [0.2, 0.25) is 11.8 Å². The van der Waals surface area contributed by atoms with Crippen molar-refractivity contribution in [3.8, 4) is 0 Å². The number of unbranched alkanes of at least 4 members (excludes halogenated alkanes) is 1. The summed E-state index contributed by atoms with van der Waals surface area (Å²) in [5.74, 6) is -0.142. The average molecular weight is 1500 g/mol. The summed E-state index contributed by atoms with van der Waals surface area (Å²) in [6.07, 6.45) is 4.26. The molecule has 0 radical (unpaired) electrons. The van der Waals surface area contributed by atoms with Gasteiger partial charge in [0.1, 0.15) is 48.4 Å². The van der Waals surface area contributed by atoms with Crippen LogP contribution in [-0.4, -0.2) is 157 Å². The number of nitrogens with two attached hydrogens (primary N) is 2. The number of anilines is 2. The van der Waals surface area contributed by atoms with Crippen molar-refractivity contribution in [3.63, 3.8) is 0 Å². The molecule has 0 aromatic carbocycles. The van der Waals surface area contributed by atoms with Crippen LogP contribution in [0.1, 0.15) is 49.3 Å². The van der Waals surface area contributed by atoms with E-state index in [-0.39, 0.29) is 56.1 Å². The third kappa shape index (κ3) is 24.1. The SMILES string of the molecule is NC(N)=[NH+]CCCCn1cnc2c(NCCNC(=O)/C=C/c3cn([C@H]4CC(O)[C@@H](COP(=O)([O-])OP(=O)([O-])OP(=O)([O-])[O-])O4)c(=O)[nH]c3=O)ncnc21.O=C(/C=C/c1cn([C@H]2CC(O)[C@@H](COP(=O)([O-])OP(=O)([O-])OP(=O)([O-])[O-])O2)c(=O)[nH]c1=O)NCCNc1ncnc2nc[nH]c12. The van der Waals surface area contributed by atoms with Crippen LogP contribution >= 0.6 is 46.9 Å². The Hall–Kier alpha value is -7.59. The maximum Gasteiger partial charge on any atom is 0.338 e. The molecule has 6 aromatic rings. The molecule has 6 aromatic heterocycles. The van der Waals surface area contributed by atoms with Crippen molar-refractivity contribution in [1.82, 2.24) is 69.2 Å². The summed E-state index contributed by atoms with van der Waals surface area (Å²) in [5, 5.41) is 31.8. The van der Waals surface area contributed by atoms with E-state index in [1.807, 2.05) is 14.5 Å². The number of aliphatic hydroxyl groups excluding tert-OH is 2. The van der Waals surface area contributed by atoms with Gasteiger partial charge in [-0.15, -0.1) is 0 Å². The Kier molecular flexibility index (Phi) is 26.6. The summed E-state index contributed by atoms with van der Waals surface area (Å²) in [5.41, 5.74) is 8.81. The van der Waals surface area contributed by atoms with Crippen LogP contribution < -0.4 is 99.4 Å². The van der Waals surface area contributed by atoms with Crippen LogP contribution in [0.15, 0.2) is 69.0 Å². The largest absolute Gasteiger partial charge is 0.790 e. The molecule has 14 N–H and O–H groups in total. The lowest BCUT2D eigenvalue weighted by atomic mass is 10.2. The maximum atomic E-state index is 12.5. The van der Waals surface area contributed by atoms with Gasteiger partial charge < -0.3 is 108 Å². The first-order chi connectivity index (χ1) is 45.8. The number of rotatable bonds is 33. The zero-order chi connectivity index (χ0) is 72.0. The Morgan fingerprint density at radius 3 is 1.61 bits per heavy atom. The first kappa shape index (κ1) is 77.8. The number of fused-ring (bicyclic) bond motifs is 2. The standard InChI is InChI=1S/C24H36N11O15P3.C19H25N8O15P3/c25-23(26)29-5-1-2-8-34-13-32-19-20(30-12-31-21(19)34)28-7-6-27-17(37)4-3-14-10-35(24(39)33-22(14)38)18-9-15(36)16(48-18)11-47-52(43,44)50-53(45,46)49-51(40,41)42;28-11-5-14(40-12(11)7-39-44(35,36)42-45(37,38)41-43(32,33)34)27-6-10(18(30)26-19(27)31)1-2-13(29)20-3-4-21-16-15-17(23-8-22-15)25-9-24-16/h3-4,10,12-13,15-16,18,36H,1-2,5-9,11H2,(H,27,37)(H,43,44)(H,45,46)(H4,25,26,29)(H,28,30,31)(H,33,38,39)(H2,40,41,42);1-2,6,8-9,11-12,14,28H,3-5,7H2,(H,20,29)(H,35,36)(H,37,38)(H,26,30,31)(H2,32,33,34)(H2,21,22,23,24,25)/p-7/b4-3+;2-1+/t15?,16-,18-;11?,12-,14-/m11/s1. The summed E-state index contributed by atoms with van der Waals surface area (Å²) >= 11 is 0. The quantitative estimate of drug-likeness (QED) is 0.00598. The van der Waals surface area contributed by atoms with Gasteiger partial charge in [0.25, 0.3) is 42.4 Å². The monoisotopic (exact) mass is 1500 g/mol. The summed E-state index contributed by atoms with van der Waals surface area (Å²) in [7, 11) is -36.5. The van der Waals surface area contributed by atoms with E-state index in [2.05, 4.69) is 87.4 Å². The second-order valence-corrected chi connectivity index (χ2v) is 28.3. The number of phosphoric ester groups is 2. The molecule has 0 spiro atoms. The lowest BCUT2D eigenvalue weighted by Gasteiger charge is -2.37. The first-order valence-electron chi connectivity index (χ1n) is 27.5. The van der Waals surface area contributed by atoms with Crippen molar-refractivity contribution in [2.24, 2.45) is 11.5 Å². The molecule has 2 aliphatic heterocycles. The molecular formula is C43H54N19O30P6-7. The Morgan fingerprint density at radius 2 is 1.12 bits per heavy atom. The molecule has 8 heterocycles. The number of amides is 2. The Bertz CT molecular complexity index is 4490. The normalized spacial score (nSPS) is 20.6. The highest BCUT2D eigenvalue weighted by molar-refractivity contribution is 7.65. The summed E-state index contributed by atoms with van der Waals surface area (Å²) in [6.45, 7) is -0.147. The van der Waals surface area contributed by atoms with E-state index in [0.29, 0.717) is 47.1 Å². The number of hydrogen-bond acceptors (Lipinski definition) is 38. The molecule has 2 fully saturated rings. The minimum Gasteiger partial charge on any atom is -0.790 e. The number of carbonyl (C=O) groups is 2. The molecule has 0 bridgehead atoms. The number of aromatic nitrogens is 12. The van der Waals surface area contributed by atoms with E-state index in [0.717, 1.165) is 58.7 Å². The Balaban J connectivity index is 0.000000280. The van der Waals surface area contributed by atoms with Gasteiger partial charge in [-0.2, -0.15) is 0 Å². The predicted octanol–water partition coefficient (Wildman–Crippen LogP) is -10.6. The van der Waals surface area contributed by atoms with Gasteiger partial charge in [0, 0.05) is 70.1 Å². The van der Waals surface area contributed by atoms with Crippen LogP contribution in [0.3, 0.4) is 0 Å². The van der Waals surface area contributed by atoms with E-state index in [1.165, 1.54) is 19.0 Å². The molecule has 2 saturated heterocycles. The van der Waals surface area contributed by atoms with E-state index in [9.17, 15) is 106 Å². The molecule has 55 heteroatoms. The topological polar surface area (TPSA) is 757 Å². The molecular weight excluding hydrogens is 1450 g/mol. The third-order valence-electron chi connectivity index (χ3n) is 12.7. The fourth-order valence-electron chi connectivity index (χ4n) is 8.53. The van der Waals surface area contributed by atoms with E-state index < -0.39 is 131 Å². The lowest BCUT2D eigenvalue weighted by molar-refractivity contribution is -0.459. The molecule has 0 saturated carbocycles. The highest BCUT2D eigenvalue weighted by Crippen LogP contribution is 2.61. The smallest absolute Gasteiger partial charge is 0.338 e. The highest BCUT2D eigenvalue weighted by atomic mass is 31.3. The van der Waals surface area contributed by atoms with E-state index >= 15 is 0 Å². The van der Waals surface area contributed by atoms with Crippen LogP contribution in [-0.2, 0) is 79.3 Å². The number of aryl methyl sites for hydroxylation is 1. The summed E-state index contributed by atoms with van der Waals surface area (Å²) in [6, 6.07) is 0. The molecule has 49 nitrogen and oxygen atoms in total. The number of phosphoric acid groups is 6. The molecule has 2 amide bonds. The number of nitrogens with zero attached hydrogens (tertiary/aromatic N) is 9. The Labute approximate surface area is 545 Å². The van der Waals surface area contributed by atoms with Crippen molar-refractivity contribution in [1.29, 1.82) is 0 Å². The second-order valence-electron chi connectivity index (χ2n) is 19.8. The molecule has 8 rings (SSSR count). The maximum absolute atomic E-state index is 12.5. The minimum atomic E-state index is -6.21. The van der Waals surface area contributed by atoms with Crippen LogP contribution in [0.4, 0.5) is 11.6 Å². The fraction of sp³-hybridized carbons (Fsp3) is 0.419. The van der Waals surface area contributed by atoms with Gasteiger partial charge in [-0.25, -0.2) is 48.1 Å². The van der Waals surface area contributed by atoms with Crippen molar-refractivity contribution in [2.45, 2.75) is 69.1 Å². The number of nitrogens with one attached hydrogen (secondary N) is 8. The predicted molar refractivity (Wildman–Crippen MR) is 310 cm³/mol. The molecule has 2 aliphatic rings. The number of aromatic amines is 3. The van der Waals surface area contributed by atoms with Gasteiger partial charge in [0.15, 0.2) is 22.9 Å². The number of carbonyl (C=O) groups excluding carboxylic acids is 2. The second kappa shape index (κ2) is 33.5. The van der Waals surface area contributed by atoms with Gasteiger partial charge >= 0.3 is 17.3 Å². The molecule has 6 unspecified atom stereocenters. The molecule has 10 atom stereocenters. The number of ether oxygens (including phenoxy) is 2. The van der Waals surface area contributed by atoms with Crippen LogP contribution in [0, 0.1) is 0 Å². The van der Waals surface area contributed by atoms with Crippen LogP contribution in [0.25, 0.3) is 34.5 Å². The van der Waals surface area contributed by atoms with Crippen LogP contribution in [0.2, 0.25) is 0 Å². The van der Waals surface area contributed by atoms with Crippen molar-refractivity contribution in [2.75, 3.05) is 56.6 Å². The highest BCUT2D eigenvalue weighted by Gasteiger charge is 2.39. The van der Waals surface area contributed by atoms with Gasteiger partial charge in [-0.3, -0.25) is 81.6 Å². The van der Waals surface area contributed by atoms with E-state index in [4.69, 9.17) is 20.9 Å². The molecule has 538 valence electrons. The van der Waals surface area contributed by atoms with Gasteiger partial charge in [0.05, 0.1) is 71.4 Å². The number of H-pyrrole nitrogens is 3. The molecule has 98 heavy (non-hydrogen) atoms. The van der Waals surface area contributed by atoms with Crippen molar-refractivity contribution < 1.29 is 127 Å². The summed E-state index contributed by atoms with van der Waals surface area (Å²) in [4.78, 5) is 197. The Morgan fingerprint density at radius 1 is 0.643 bits per heavy atom. The molecule has 0 aliphatic carbocycles. The number of guanidine groups is 1. The van der Waals surface area contributed by atoms with Gasteiger partial charge in [-0.1, -0.05) is 0 Å². The zero-order valence-electron chi connectivity index (χ0n) is 49.4. The van der Waals surface area contributed by atoms with E-state index in [1.54, 1.807) is 6.33 Å². The van der Waals surface area contributed by atoms with Crippen LogP contribution in [0.5, 0.6) is 0 Å². The summed E-state index contributed by atoms with van der Waals surface area (Å²) < 4.78 is 103. The fourth-order valence-corrected chi connectivity index (χ4v) is 14.3. The number of imidazole rings is 2. The first-order valence-corrected chi connectivity index (χ1v) is 36.2.